The Morgan fingerprint density at radius 3 is 2.71 bits per heavy atom. The van der Waals surface area contributed by atoms with E-state index >= 15 is 0 Å². The van der Waals surface area contributed by atoms with Crippen molar-refractivity contribution in [2.75, 3.05) is 0 Å². The highest BCUT2D eigenvalue weighted by atomic mass is 16.5. The molecular weight excluding hydrogens is 178 g/mol. The number of hydrogen-bond acceptors (Lipinski definition) is 3. The molecule has 3 heteroatoms. The number of nitrogens with two attached hydrogens (primary N) is 1. The minimum atomic E-state index is -0.441. The fourth-order valence-electron chi connectivity index (χ4n) is 1.86. The molecule has 1 rings (SSSR count). The lowest BCUT2D eigenvalue weighted by Gasteiger charge is -2.29. The lowest BCUT2D eigenvalue weighted by Crippen LogP contribution is -2.37. The molecule has 1 aliphatic carbocycles. The highest BCUT2D eigenvalue weighted by molar-refractivity contribution is 5.75. The van der Waals surface area contributed by atoms with Crippen LogP contribution in [0.25, 0.3) is 0 Å². The van der Waals surface area contributed by atoms with E-state index in [0.29, 0.717) is 12.3 Å². The van der Waals surface area contributed by atoms with Crippen LogP contribution < -0.4 is 5.73 Å². The van der Waals surface area contributed by atoms with Crippen molar-refractivity contribution in [3.05, 3.63) is 0 Å². The summed E-state index contributed by atoms with van der Waals surface area (Å²) in [6.07, 6.45) is 5.36. The van der Waals surface area contributed by atoms with Crippen molar-refractivity contribution in [1.82, 2.24) is 0 Å². The summed E-state index contributed by atoms with van der Waals surface area (Å²) in [7, 11) is 0. The zero-order valence-corrected chi connectivity index (χ0v) is 9.16. The van der Waals surface area contributed by atoms with Gasteiger partial charge >= 0.3 is 5.97 Å². The number of hydrogen-bond donors (Lipinski definition) is 1. The fraction of sp³-hybridized carbons (Fsp3) is 0.909. The van der Waals surface area contributed by atoms with Gasteiger partial charge in [-0.05, 0) is 31.6 Å². The van der Waals surface area contributed by atoms with Gasteiger partial charge in [0, 0.05) is 0 Å². The molecule has 0 radical (unpaired) electrons. The molecule has 0 saturated heterocycles. The van der Waals surface area contributed by atoms with Crippen LogP contribution in [0, 0.1) is 5.92 Å². The Morgan fingerprint density at radius 2 is 2.14 bits per heavy atom. The lowest BCUT2D eigenvalue weighted by molar-refractivity contribution is -0.154. The molecule has 1 fully saturated rings. The first-order chi connectivity index (χ1) is 6.65. The third-order valence-electron chi connectivity index (χ3n) is 3.04. The maximum Gasteiger partial charge on any atom is 0.323 e. The quantitative estimate of drug-likeness (QED) is 0.706. The highest BCUT2D eigenvalue weighted by Crippen LogP contribution is 2.26. The summed E-state index contributed by atoms with van der Waals surface area (Å²) in [5.41, 5.74) is 5.60. The Morgan fingerprint density at radius 1 is 1.50 bits per heavy atom. The molecule has 0 bridgehead atoms. The van der Waals surface area contributed by atoms with Crippen LogP contribution in [0.15, 0.2) is 0 Å². The van der Waals surface area contributed by atoms with E-state index in [0.717, 1.165) is 6.42 Å². The van der Waals surface area contributed by atoms with E-state index in [2.05, 4.69) is 6.92 Å². The minimum Gasteiger partial charge on any atom is -0.461 e. The average molecular weight is 199 g/mol. The molecule has 0 aromatic rings. The monoisotopic (exact) mass is 199 g/mol. The second-order valence-electron chi connectivity index (χ2n) is 4.25. The van der Waals surface area contributed by atoms with Gasteiger partial charge in [-0.25, -0.2) is 0 Å². The van der Waals surface area contributed by atoms with E-state index in [4.69, 9.17) is 10.5 Å². The Labute approximate surface area is 86.0 Å². The maximum atomic E-state index is 11.4. The highest BCUT2D eigenvalue weighted by Gasteiger charge is 2.26. The summed E-state index contributed by atoms with van der Waals surface area (Å²) in [6.45, 7) is 4.05. The van der Waals surface area contributed by atoms with Gasteiger partial charge in [0.2, 0.25) is 0 Å². The van der Waals surface area contributed by atoms with Crippen LogP contribution in [-0.4, -0.2) is 18.1 Å². The van der Waals surface area contributed by atoms with Crippen LogP contribution in [0.2, 0.25) is 0 Å². The van der Waals surface area contributed by atoms with Gasteiger partial charge in [0.05, 0.1) is 0 Å². The number of rotatable bonds is 3. The molecule has 0 aliphatic heterocycles. The van der Waals surface area contributed by atoms with E-state index < -0.39 is 6.04 Å². The van der Waals surface area contributed by atoms with Crippen LogP contribution in [0.1, 0.15) is 46.0 Å². The molecule has 2 N–H and O–H groups in total. The Bertz CT molecular complexity index is 194. The molecule has 14 heavy (non-hydrogen) atoms. The van der Waals surface area contributed by atoms with Gasteiger partial charge < -0.3 is 10.5 Å². The van der Waals surface area contributed by atoms with E-state index in [1.54, 1.807) is 0 Å². The minimum absolute atomic E-state index is 0.105. The number of carbonyl (C=O) groups is 1. The standard InChI is InChI=1S/C11H21NO2/c1-3-9(12)11(13)14-10-7-5-4-6-8(10)2/h8-10H,3-7,12H2,1-2H3/t8?,9-,10?/m1/s1. The largest absolute Gasteiger partial charge is 0.461 e. The molecule has 82 valence electrons. The Hall–Kier alpha value is -0.570. The molecular formula is C11H21NO2. The summed E-state index contributed by atoms with van der Waals surface area (Å²) in [4.78, 5) is 11.4. The second-order valence-corrected chi connectivity index (χ2v) is 4.25. The first kappa shape index (κ1) is 11.5. The van der Waals surface area contributed by atoms with Crippen LogP contribution in [0.3, 0.4) is 0 Å². The van der Waals surface area contributed by atoms with Crippen molar-refractivity contribution in [2.24, 2.45) is 11.7 Å². The van der Waals surface area contributed by atoms with Crippen molar-refractivity contribution in [1.29, 1.82) is 0 Å². The Balaban J connectivity index is 2.38. The summed E-state index contributed by atoms with van der Waals surface area (Å²) < 4.78 is 5.39. The smallest absolute Gasteiger partial charge is 0.323 e. The van der Waals surface area contributed by atoms with E-state index in [9.17, 15) is 4.79 Å². The number of ether oxygens (including phenoxy) is 1. The van der Waals surface area contributed by atoms with Crippen molar-refractivity contribution in [3.8, 4) is 0 Å². The van der Waals surface area contributed by atoms with E-state index in [-0.39, 0.29) is 12.1 Å². The second kappa shape index (κ2) is 5.35. The molecule has 0 amide bonds. The molecule has 3 nitrogen and oxygen atoms in total. The summed E-state index contributed by atoms with van der Waals surface area (Å²) in [6, 6.07) is -0.441. The first-order valence-electron chi connectivity index (χ1n) is 5.61. The molecule has 2 unspecified atom stereocenters. The fourth-order valence-corrected chi connectivity index (χ4v) is 1.86. The van der Waals surface area contributed by atoms with E-state index in [1.165, 1.54) is 19.3 Å². The molecule has 1 aliphatic rings. The van der Waals surface area contributed by atoms with Crippen LogP contribution in [0.5, 0.6) is 0 Å². The van der Waals surface area contributed by atoms with Gasteiger partial charge in [0.1, 0.15) is 12.1 Å². The average Bonchev–Trinajstić information content (AvgIpc) is 2.20. The molecule has 0 aromatic carbocycles. The van der Waals surface area contributed by atoms with Gasteiger partial charge in [-0.3, -0.25) is 4.79 Å². The zero-order chi connectivity index (χ0) is 10.6. The third-order valence-corrected chi connectivity index (χ3v) is 3.04. The molecule has 1 saturated carbocycles. The number of carbonyl (C=O) groups excluding carboxylic acids is 1. The van der Waals surface area contributed by atoms with Crippen molar-refractivity contribution < 1.29 is 9.53 Å². The van der Waals surface area contributed by atoms with Crippen LogP contribution in [-0.2, 0) is 9.53 Å². The van der Waals surface area contributed by atoms with Gasteiger partial charge in [-0.1, -0.05) is 20.3 Å². The molecule has 0 aromatic heterocycles. The van der Waals surface area contributed by atoms with Gasteiger partial charge in [-0.15, -0.1) is 0 Å². The van der Waals surface area contributed by atoms with Crippen LogP contribution >= 0.6 is 0 Å². The van der Waals surface area contributed by atoms with Gasteiger partial charge in [-0.2, -0.15) is 0 Å². The molecule has 0 spiro atoms. The third kappa shape index (κ3) is 2.98. The van der Waals surface area contributed by atoms with Crippen molar-refractivity contribution in [2.45, 2.75) is 58.1 Å². The lowest BCUT2D eigenvalue weighted by atomic mass is 9.88. The molecule has 3 atom stereocenters. The van der Waals surface area contributed by atoms with Gasteiger partial charge in [0.25, 0.3) is 0 Å². The summed E-state index contributed by atoms with van der Waals surface area (Å²) in [5.74, 6) is 0.267. The Kier molecular flexibility index (Phi) is 4.39. The topological polar surface area (TPSA) is 52.3 Å². The van der Waals surface area contributed by atoms with E-state index in [1.807, 2.05) is 6.92 Å². The molecule has 0 heterocycles. The summed E-state index contributed by atoms with van der Waals surface area (Å²) >= 11 is 0. The first-order valence-corrected chi connectivity index (χ1v) is 5.61. The maximum absolute atomic E-state index is 11.4. The SMILES string of the molecule is CC[C@@H](N)C(=O)OC1CCCCC1C. The van der Waals surface area contributed by atoms with Crippen molar-refractivity contribution >= 4 is 5.97 Å². The summed E-state index contributed by atoms with van der Waals surface area (Å²) in [5, 5.41) is 0. The predicted molar refractivity (Wildman–Crippen MR) is 55.8 cm³/mol. The zero-order valence-electron chi connectivity index (χ0n) is 9.16. The predicted octanol–water partition coefficient (Wildman–Crippen LogP) is 1.85. The van der Waals surface area contributed by atoms with Crippen LogP contribution in [0.4, 0.5) is 0 Å². The van der Waals surface area contributed by atoms with Crippen molar-refractivity contribution in [3.63, 3.8) is 0 Å². The van der Waals surface area contributed by atoms with Gasteiger partial charge in [0.15, 0.2) is 0 Å². The normalized spacial score (nSPS) is 29.6. The number of esters is 1.